The molecule has 0 aliphatic rings. The van der Waals surface area contributed by atoms with Crippen molar-refractivity contribution in [1.29, 1.82) is 0 Å². The molecule has 0 aromatic carbocycles. The molecule has 1 aromatic heterocycles. The quantitative estimate of drug-likeness (QED) is 0.646. The van der Waals surface area contributed by atoms with Crippen LogP contribution in [0.1, 0.15) is 13.8 Å². The number of nitrogens with one attached hydrogen (secondary N) is 1. The maximum absolute atomic E-state index is 12.2. The molecular formula is C10H14BrCl2NO4S2. The molecule has 10 heteroatoms. The van der Waals surface area contributed by atoms with Gasteiger partial charge >= 0.3 is 0 Å². The number of thiophene rings is 1. The molecule has 5 nitrogen and oxygen atoms in total. The van der Waals surface area contributed by atoms with Crippen molar-refractivity contribution in [2.45, 2.75) is 25.0 Å². The molecule has 20 heavy (non-hydrogen) atoms. The van der Waals surface area contributed by atoms with Crippen LogP contribution in [-0.2, 0) is 19.5 Å². The van der Waals surface area contributed by atoms with Crippen molar-refractivity contribution in [2.24, 2.45) is 0 Å². The molecule has 0 bridgehead atoms. The van der Waals surface area contributed by atoms with E-state index in [1.807, 2.05) is 0 Å². The third-order valence-corrected chi connectivity index (χ3v) is 7.03. The molecular weight excluding hydrogens is 413 g/mol. The van der Waals surface area contributed by atoms with Crippen molar-refractivity contribution in [3.8, 4) is 0 Å². The summed E-state index contributed by atoms with van der Waals surface area (Å²) in [4.78, 5) is -0.0686. The van der Waals surface area contributed by atoms with Crippen LogP contribution in [0.4, 0.5) is 0 Å². The standard InChI is InChI=1S/C10H14BrCl2NO4S2/c1-3-17-6(18-4-2)5-14-20(15,16)8-7(11)9(12)19-10(8)13/h6,14H,3-5H2,1-2H3. The summed E-state index contributed by atoms with van der Waals surface area (Å²) in [5.41, 5.74) is 0. The van der Waals surface area contributed by atoms with Gasteiger partial charge in [-0.2, -0.15) is 0 Å². The van der Waals surface area contributed by atoms with Crippen molar-refractivity contribution < 1.29 is 17.9 Å². The molecule has 0 radical (unpaired) electrons. The number of hydrogen-bond acceptors (Lipinski definition) is 5. The molecule has 0 fully saturated rings. The van der Waals surface area contributed by atoms with Crippen LogP contribution in [-0.4, -0.2) is 34.5 Å². The third-order valence-electron chi connectivity index (χ3n) is 2.14. The summed E-state index contributed by atoms with van der Waals surface area (Å²) in [5.74, 6) is 0. The zero-order valence-electron chi connectivity index (χ0n) is 10.8. The van der Waals surface area contributed by atoms with Gasteiger partial charge in [0.25, 0.3) is 0 Å². The Morgan fingerprint density at radius 1 is 1.25 bits per heavy atom. The van der Waals surface area contributed by atoms with Crippen molar-refractivity contribution in [1.82, 2.24) is 4.72 Å². The average Bonchev–Trinajstić information content (AvgIpc) is 2.61. The Balaban J connectivity index is 2.84. The molecule has 0 saturated heterocycles. The number of ether oxygens (including phenoxy) is 2. The van der Waals surface area contributed by atoms with Crippen LogP contribution in [0, 0.1) is 0 Å². The Labute approximate surface area is 140 Å². The lowest BCUT2D eigenvalue weighted by molar-refractivity contribution is -0.130. The first kappa shape index (κ1) is 18.6. The highest BCUT2D eigenvalue weighted by atomic mass is 79.9. The van der Waals surface area contributed by atoms with E-state index in [2.05, 4.69) is 20.7 Å². The molecule has 0 aliphatic heterocycles. The lowest BCUT2D eigenvalue weighted by Gasteiger charge is -2.17. The molecule has 1 rings (SSSR count). The van der Waals surface area contributed by atoms with Crippen LogP contribution in [0.25, 0.3) is 0 Å². The summed E-state index contributed by atoms with van der Waals surface area (Å²) < 4.78 is 38.0. The molecule has 1 heterocycles. The van der Waals surface area contributed by atoms with Gasteiger partial charge in [-0.05, 0) is 29.8 Å². The van der Waals surface area contributed by atoms with Crippen LogP contribution in [0.5, 0.6) is 0 Å². The number of halogens is 3. The van der Waals surface area contributed by atoms with Gasteiger partial charge in [0.1, 0.15) is 13.6 Å². The lowest BCUT2D eigenvalue weighted by Crippen LogP contribution is -2.35. The van der Waals surface area contributed by atoms with Gasteiger partial charge in [-0.15, -0.1) is 11.3 Å². The molecule has 1 aromatic rings. The van der Waals surface area contributed by atoms with Crippen molar-refractivity contribution in [2.75, 3.05) is 19.8 Å². The molecule has 0 atom stereocenters. The maximum atomic E-state index is 12.2. The second-order valence-corrected chi connectivity index (χ2v) is 8.21. The lowest BCUT2D eigenvalue weighted by atomic mass is 10.6. The topological polar surface area (TPSA) is 64.6 Å². The van der Waals surface area contributed by atoms with Crippen molar-refractivity contribution >= 4 is 60.5 Å². The molecule has 0 unspecified atom stereocenters. The maximum Gasteiger partial charge on any atom is 0.244 e. The van der Waals surface area contributed by atoms with Crippen LogP contribution in [0.2, 0.25) is 8.67 Å². The van der Waals surface area contributed by atoms with E-state index < -0.39 is 16.3 Å². The SMILES string of the molecule is CCOC(CNS(=O)(=O)c1c(Cl)sc(Cl)c1Br)OCC. The average molecular weight is 427 g/mol. The summed E-state index contributed by atoms with van der Waals surface area (Å²) in [6.07, 6.45) is -0.647. The molecule has 0 saturated carbocycles. The van der Waals surface area contributed by atoms with Gasteiger partial charge in [-0.1, -0.05) is 23.2 Å². The Morgan fingerprint density at radius 3 is 2.20 bits per heavy atom. The molecule has 0 spiro atoms. The van der Waals surface area contributed by atoms with E-state index in [4.69, 9.17) is 32.7 Å². The molecule has 0 aliphatic carbocycles. The van der Waals surface area contributed by atoms with Crippen LogP contribution in [0.3, 0.4) is 0 Å². The van der Waals surface area contributed by atoms with Gasteiger partial charge in [-0.3, -0.25) is 0 Å². The van der Waals surface area contributed by atoms with Crippen LogP contribution in [0.15, 0.2) is 9.37 Å². The van der Waals surface area contributed by atoms with Crippen LogP contribution >= 0.6 is 50.5 Å². The highest BCUT2D eigenvalue weighted by molar-refractivity contribution is 9.10. The Hall–Kier alpha value is 0.590. The summed E-state index contributed by atoms with van der Waals surface area (Å²) >= 11 is 15.8. The molecule has 0 amide bonds. The first-order chi connectivity index (χ1) is 9.33. The Kier molecular flexibility index (Phi) is 7.72. The largest absolute Gasteiger partial charge is 0.352 e. The van der Waals surface area contributed by atoms with Gasteiger partial charge in [0.05, 0.1) is 11.0 Å². The second kappa shape index (κ2) is 8.28. The van der Waals surface area contributed by atoms with Crippen LogP contribution < -0.4 is 4.72 Å². The Bertz CT molecular complexity index is 544. The first-order valence-electron chi connectivity index (χ1n) is 5.69. The molecule has 116 valence electrons. The fourth-order valence-electron chi connectivity index (χ4n) is 1.36. The number of sulfonamides is 1. The predicted molar refractivity (Wildman–Crippen MR) is 84.3 cm³/mol. The zero-order valence-corrected chi connectivity index (χ0v) is 15.5. The van der Waals surface area contributed by atoms with E-state index in [1.54, 1.807) is 13.8 Å². The summed E-state index contributed by atoms with van der Waals surface area (Å²) in [5, 5.41) is 0. The summed E-state index contributed by atoms with van der Waals surface area (Å²) in [6.45, 7) is 4.42. The van der Waals surface area contributed by atoms with E-state index in [-0.39, 0.29) is 24.6 Å². The third kappa shape index (κ3) is 4.81. The minimum Gasteiger partial charge on any atom is -0.352 e. The predicted octanol–water partition coefficient (Wildman–Crippen LogP) is 3.49. The van der Waals surface area contributed by atoms with E-state index >= 15 is 0 Å². The van der Waals surface area contributed by atoms with Gasteiger partial charge in [0, 0.05) is 13.2 Å². The number of rotatable bonds is 8. The number of hydrogen-bond donors (Lipinski definition) is 1. The second-order valence-electron chi connectivity index (χ2n) is 3.48. The fraction of sp³-hybridized carbons (Fsp3) is 0.600. The minimum absolute atomic E-state index is 0.0136. The monoisotopic (exact) mass is 425 g/mol. The summed E-state index contributed by atoms with van der Waals surface area (Å²) in [7, 11) is -3.80. The van der Waals surface area contributed by atoms with Gasteiger partial charge in [0.2, 0.25) is 10.0 Å². The van der Waals surface area contributed by atoms with Gasteiger partial charge in [0.15, 0.2) is 6.29 Å². The smallest absolute Gasteiger partial charge is 0.244 e. The Morgan fingerprint density at radius 2 is 1.80 bits per heavy atom. The first-order valence-corrected chi connectivity index (χ1v) is 9.54. The van der Waals surface area contributed by atoms with Gasteiger partial charge < -0.3 is 9.47 Å². The van der Waals surface area contributed by atoms with Gasteiger partial charge in [-0.25, -0.2) is 13.1 Å². The van der Waals surface area contributed by atoms with Crippen molar-refractivity contribution in [3.63, 3.8) is 0 Å². The normalized spacial score (nSPS) is 12.3. The molecule has 1 N–H and O–H groups in total. The van der Waals surface area contributed by atoms with E-state index in [0.29, 0.717) is 13.2 Å². The summed E-state index contributed by atoms with van der Waals surface area (Å²) in [6, 6.07) is 0. The van der Waals surface area contributed by atoms with E-state index in [0.717, 1.165) is 11.3 Å². The zero-order chi connectivity index (χ0) is 15.3. The van der Waals surface area contributed by atoms with E-state index in [9.17, 15) is 8.42 Å². The van der Waals surface area contributed by atoms with E-state index in [1.165, 1.54) is 0 Å². The highest BCUT2D eigenvalue weighted by Crippen LogP contribution is 2.42. The van der Waals surface area contributed by atoms with Crippen molar-refractivity contribution in [3.05, 3.63) is 13.1 Å². The minimum atomic E-state index is -3.80. The highest BCUT2D eigenvalue weighted by Gasteiger charge is 2.27. The fourth-order valence-corrected chi connectivity index (χ4v) is 5.93.